The molecule has 1 aromatic heterocycles. The minimum Gasteiger partial charge on any atom is -0.368 e. The number of fused-ring (bicyclic) bond motifs is 2. The second-order valence-corrected chi connectivity index (χ2v) is 6.93. The van der Waals surface area contributed by atoms with Crippen LogP contribution in [0.5, 0.6) is 0 Å². The minimum atomic E-state index is -0.797. The predicted octanol–water partition coefficient (Wildman–Crippen LogP) is -0.330. The van der Waals surface area contributed by atoms with Crippen molar-refractivity contribution < 1.29 is 14.4 Å². The van der Waals surface area contributed by atoms with Gasteiger partial charge in [0.15, 0.2) is 0 Å². The zero-order valence-electron chi connectivity index (χ0n) is 14.7. The highest BCUT2D eigenvalue weighted by atomic mass is 16.2. The normalized spacial score (nSPS) is 21.1. The molecule has 2 aliphatic rings. The average Bonchev–Trinajstić information content (AvgIpc) is 3.37. The molecule has 27 heavy (non-hydrogen) atoms. The molecule has 9 heteroatoms. The van der Waals surface area contributed by atoms with E-state index < -0.39 is 11.3 Å². The lowest BCUT2D eigenvalue weighted by molar-refractivity contribution is -0.131. The van der Waals surface area contributed by atoms with Gasteiger partial charge in [0.2, 0.25) is 17.7 Å². The highest BCUT2D eigenvalue weighted by Gasteiger charge is 2.55. The molecule has 3 heterocycles. The standard InChI is InChI=1S/C18H20N6O3/c19-15(25)9-24-14-4-2-1-3-13(14)18(17(24)27)6-8-22(10-18)16(26)5-7-23-12-20-11-21-23/h1-4,11-12H,5-10H2,(H2,19,25)/t18-/m0/s1. The summed E-state index contributed by atoms with van der Waals surface area (Å²) in [6, 6.07) is 7.42. The number of hydrogen-bond donors (Lipinski definition) is 1. The van der Waals surface area contributed by atoms with E-state index in [4.69, 9.17) is 5.73 Å². The number of aromatic nitrogens is 3. The Morgan fingerprint density at radius 1 is 1.26 bits per heavy atom. The Labute approximate surface area is 155 Å². The van der Waals surface area contributed by atoms with Gasteiger partial charge in [-0.1, -0.05) is 18.2 Å². The van der Waals surface area contributed by atoms with Crippen molar-refractivity contribution in [2.75, 3.05) is 24.5 Å². The summed E-state index contributed by atoms with van der Waals surface area (Å²) in [5, 5.41) is 4.00. The SMILES string of the molecule is NC(=O)CN1C(=O)[C@]2(CCN(C(=O)CCn3cncn3)C2)c2ccccc21. The number of nitrogens with two attached hydrogens (primary N) is 1. The number of para-hydroxylation sites is 1. The number of hydrogen-bond acceptors (Lipinski definition) is 5. The van der Waals surface area contributed by atoms with Crippen LogP contribution in [-0.4, -0.2) is 57.0 Å². The number of aryl methyl sites for hydroxylation is 1. The molecule has 0 unspecified atom stereocenters. The lowest BCUT2D eigenvalue weighted by Crippen LogP contribution is -2.45. The zero-order valence-corrected chi connectivity index (χ0v) is 14.7. The molecule has 0 radical (unpaired) electrons. The van der Waals surface area contributed by atoms with Crippen molar-refractivity contribution in [3.8, 4) is 0 Å². The summed E-state index contributed by atoms with van der Waals surface area (Å²) in [7, 11) is 0. The maximum Gasteiger partial charge on any atom is 0.240 e. The van der Waals surface area contributed by atoms with Crippen LogP contribution in [-0.2, 0) is 26.3 Å². The van der Waals surface area contributed by atoms with Gasteiger partial charge < -0.3 is 15.5 Å². The van der Waals surface area contributed by atoms with Crippen molar-refractivity contribution in [3.05, 3.63) is 42.5 Å². The molecule has 1 saturated heterocycles. The van der Waals surface area contributed by atoms with Crippen LogP contribution in [0.15, 0.2) is 36.9 Å². The van der Waals surface area contributed by atoms with Crippen LogP contribution in [0.3, 0.4) is 0 Å². The van der Waals surface area contributed by atoms with E-state index in [1.54, 1.807) is 15.9 Å². The summed E-state index contributed by atoms with van der Waals surface area (Å²) < 4.78 is 1.61. The number of amides is 3. The number of benzene rings is 1. The molecule has 140 valence electrons. The van der Waals surface area contributed by atoms with E-state index in [0.717, 1.165) is 5.56 Å². The smallest absolute Gasteiger partial charge is 0.240 e. The van der Waals surface area contributed by atoms with Crippen molar-refractivity contribution >= 4 is 23.4 Å². The molecular formula is C18H20N6O3. The Morgan fingerprint density at radius 3 is 2.81 bits per heavy atom. The third kappa shape index (κ3) is 2.84. The predicted molar refractivity (Wildman–Crippen MR) is 95.5 cm³/mol. The van der Waals surface area contributed by atoms with E-state index in [-0.39, 0.29) is 18.4 Å². The fourth-order valence-corrected chi connectivity index (χ4v) is 4.04. The summed E-state index contributed by atoms with van der Waals surface area (Å²) in [5.74, 6) is -0.746. The van der Waals surface area contributed by atoms with Gasteiger partial charge in [0.25, 0.3) is 0 Å². The Kier molecular flexibility index (Phi) is 4.14. The van der Waals surface area contributed by atoms with Gasteiger partial charge >= 0.3 is 0 Å². The summed E-state index contributed by atoms with van der Waals surface area (Å²) >= 11 is 0. The lowest BCUT2D eigenvalue weighted by Gasteiger charge is -2.24. The van der Waals surface area contributed by atoms with Gasteiger partial charge in [-0.15, -0.1) is 0 Å². The third-order valence-electron chi connectivity index (χ3n) is 5.32. The molecule has 0 bridgehead atoms. The average molecular weight is 368 g/mol. The molecule has 2 N–H and O–H groups in total. The van der Waals surface area contributed by atoms with E-state index >= 15 is 0 Å². The van der Waals surface area contributed by atoms with Crippen LogP contribution in [0.2, 0.25) is 0 Å². The molecule has 4 rings (SSSR count). The van der Waals surface area contributed by atoms with Gasteiger partial charge in [-0.2, -0.15) is 5.10 Å². The Morgan fingerprint density at radius 2 is 2.07 bits per heavy atom. The Balaban J connectivity index is 1.54. The third-order valence-corrected chi connectivity index (χ3v) is 5.32. The largest absolute Gasteiger partial charge is 0.368 e. The molecule has 0 saturated carbocycles. The highest BCUT2D eigenvalue weighted by Crippen LogP contribution is 2.47. The van der Waals surface area contributed by atoms with E-state index in [0.29, 0.717) is 38.2 Å². The first-order chi connectivity index (χ1) is 13.0. The molecule has 0 aliphatic carbocycles. The van der Waals surface area contributed by atoms with Crippen LogP contribution in [0, 0.1) is 0 Å². The van der Waals surface area contributed by atoms with Gasteiger partial charge in [-0.25, -0.2) is 4.98 Å². The van der Waals surface area contributed by atoms with Crippen LogP contribution >= 0.6 is 0 Å². The summed E-state index contributed by atoms with van der Waals surface area (Å²) in [6.45, 7) is 1.10. The van der Waals surface area contributed by atoms with Gasteiger partial charge in [-0.3, -0.25) is 19.1 Å². The second-order valence-electron chi connectivity index (χ2n) is 6.93. The topological polar surface area (TPSA) is 114 Å². The first kappa shape index (κ1) is 17.2. The first-order valence-electron chi connectivity index (χ1n) is 8.81. The Hall–Kier alpha value is -3.23. The van der Waals surface area contributed by atoms with E-state index in [1.165, 1.54) is 11.2 Å². The minimum absolute atomic E-state index is 0.0268. The fraction of sp³-hybridized carbons (Fsp3) is 0.389. The monoisotopic (exact) mass is 368 g/mol. The van der Waals surface area contributed by atoms with Crippen molar-refractivity contribution in [3.63, 3.8) is 0 Å². The van der Waals surface area contributed by atoms with Gasteiger partial charge in [0.05, 0.1) is 12.0 Å². The number of nitrogens with zero attached hydrogens (tertiary/aromatic N) is 5. The fourth-order valence-electron chi connectivity index (χ4n) is 4.04. The van der Waals surface area contributed by atoms with E-state index in [9.17, 15) is 14.4 Å². The number of carbonyl (C=O) groups is 3. The van der Waals surface area contributed by atoms with Crippen molar-refractivity contribution in [1.82, 2.24) is 19.7 Å². The van der Waals surface area contributed by atoms with Crippen molar-refractivity contribution in [1.29, 1.82) is 0 Å². The van der Waals surface area contributed by atoms with Gasteiger partial charge in [0, 0.05) is 25.2 Å². The summed E-state index contributed by atoms with van der Waals surface area (Å²) in [5.41, 5.74) is 6.10. The van der Waals surface area contributed by atoms with Crippen LogP contribution in [0.1, 0.15) is 18.4 Å². The number of primary amides is 1. The van der Waals surface area contributed by atoms with Gasteiger partial charge in [0.1, 0.15) is 19.2 Å². The van der Waals surface area contributed by atoms with E-state index in [1.807, 2.05) is 24.3 Å². The molecule has 9 nitrogen and oxygen atoms in total. The molecule has 1 fully saturated rings. The van der Waals surface area contributed by atoms with Gasteiger partial charge in [-0.05, 0) is 18.1 Å². The molecular weight excluding hydrogens is 348 g/mol. The molecule has 2 aliphatic heterocycles. The maximum atomic E-state index is 13.2. The van der Waals surface area contributed by atoms with Crippen LogP contribution in [0.25, 0.3) is 0 Å². The molecule has 1 aromatic carbocycles. The van der Waals surface area contributed by atoms with Crippen molar-refractivity contribution in [2.24, 2.45) is 5.73 Å². The number of rotatable bonds is 5. The van der Waals surface area contributed by atoms with Crippen LogP contribution < -0.4 is 10.6 Å². The number of anilines is 1. The quantitative estimate of drug-likeness (QED) is 0.776. The molecule has 1 spiro atoms. The first-order valence-corrected chi connectivity index (χ1v) is 8.81. The zero-order chi connectivity index (χ0) is 19.0. The van der Waals surface area contributed by atoms with Crippen LogP contribution in [0.4, 0.5) is 5.69 Å². The molecule has 1 atom stereocenters. The Bertz CT molecular complexity index is 896. The number of carbonyl (C=O) groups excluding carboxylic acids is 3. The lowest BCUT2D eigenvalue weighted by atomic mass is 9.81. The number of likely N-dealkylation sites (tertiary alicyclic amines) is 1. The summed E-state index contributed by atoms with van der Waals surface area (Å²) in [4.78, 5) is 44.3. The highest BCUT2D eigenvalue weighted by molar-refractivity contribution is 6.11. The molecule has 2 aromatic rings. The second kappa shape index (κ2) is 6.49. The van der Waals surface area contributed by atoms with Crippen molar-refractivity contribution in [2.45, 2.75) is 24.8 Å². The summed E-state index contributed by atoms with van der Waals surface area (Å²) in [6.07, 6.45) is 3.82. The molecule has 3 amide bonds. The maximum absolute atomic E-state index is 13.2. The van der Waals surface area contributed by atoms with E-state index in [2.05, 4.69) is 10.1 Å².